The number of hydrogen-bond donors (Lipinski definition) is 1. The summed E-state index contributed by atoms with van der Waals surface area (Å²) in [5.41, 5.74) is 2.32. The molecule has 1 atom stereocenters. The highest BCUT2D eigenvalue weighted by Gasteiger charge is 2.42. The number of carbonyl (C=O) groups is 1. The van der Waals surface area contributed by atoms with Gasteiger partial charge in [-0.25, -0.2) is 9.37 Å². The maximum atomic E-state index is 13.4. The van der Waals surface area contributed by atoms with Crippen LogP contribution in [0.5, 0.6) is 5.75 Å². The summed E-state index contributed by atoms with van der Waals surface area (Å²) in [6.07, 6.45) is 6.95. The van der Waals surface area contributed by atoms with Crippen molar-refractivity contribution in [3.63, 3.8) is 0 Å². The molecule has 1 N–H and O–H groups in total. The van der Waals surface area contributed by atoms with Crippen LogP contribution in [0.15, 0.2) is 61.1 Å². The van der Waals surface area contributed by atoms with Crippen molar-refractivity contribution in [1.82, 2.24) is 14.5 Å². The Labute approximate surface area is 191 Å². The van der Waals surface area contributed by atoms with E-state index >= 15 is 0 Å². The number of amidine groups is 1. The molecule has 1 aliphatic rings. The Balaban J connectivity index is 1.61. The normalized spacial score (nSPS) is 18.7. The van der Waals surface area contributed by atoms with Gasteiger partial charge in [0.1, 0.15) is 24.0 Å². The van der Waals surface area contributed by atoms with E-state index in [1.165, 1.54) is 17.0 Å². The third-order valence-electron chi connectivity index (χ3n) is 5.69. The van der Waals surface area contributed by atoms with E-state index in [0.29, 0.717) is 11.3 Å². The molecule has 2 aromatic carbocycles. The molecule has 2 heterocycles. The van der Waals surface area contributed by atoms with Crippen LogP contribution in [0, 0.1) is 18.2 Å². The van der Waals surface area contributed by atoms with E-state index in [2.05, 4.69) is 4.98 Å². The van der Waals surface area contributed by atoms with Crippen molar-refractivity contribution in [2.45, 2.75) is 19.4 Å². The Morgan fingerprint density at radius 2 is 2.03 bits per heavy atom. The summed E-state index contributed by atoms with van der Waals surface area (Å²) in [6.45, 7) is 3.82. The van der Waals surface area contributed by atoms with Crippen LogP contribution in [0.2, 0.25) is 0 Å². The number of nitrogens with zero attached hydrogens (tertiary/aromatic N) is 3. The number of hydrogen-bond acceptors (Lipinski definition) is 5. The fraction of sp³-hybridized carbons (Fsp3) is 0.240. The number of aromatic nitrogens is 2. The predicted molar refractivity (Wildman–Crippen MR) is 123 cm³/mol. The van der Waals surface area contributed by atoms with Crippen LogP contribution in [0.4, 0.5) is 4.39 Å². The third kappa shape index (κ3) is 4.42. The van der Waals surface area contributed by atoms with E-state index in [0.717, 1.165) is 16.9 Å². The van der Waals surface area contributed by atoms with Crippen LogP contribution in [0.25, 0.3) is 11.8 Å². The molecule has 0 radical (unpaired) electrons. The van der Waals surface area contributed by atoms with Crippen LogP contribution in [-0.4, -0.2) is 46.5 Å². The van der Waals surface area contributed by atoms with Gasteiger partial charge in [0.15, 0.2) is 0 Å². The van der Waals surface area contributed by atoms with Crippen LogP contribution in [0.3, 0.4) is 0 Å². The molecule has 1 fully saturated rings. The summed E-state index contributed by atoms with van der Waals surface area (Å²) in [4.78, 5) is 18.4. The minimum Gasteiger partial charge on any atom is -0.495 e. The highest BCUT2D eigenvalue weighted by molar-refractivity contribution is 6.06. The number of aryl methyl sites for hydroxylation is 1. The lowest BCUT2D eigenvalue weighted by molar-refractivity contribution is -0.148. The van der Waals surface area contributed by atoms with Crippen LogP contribution >= 0.6 is 0 Å². The number of imidazole rings is 1. The highest BCUT2D eigenvalue weighted by Crippen LogP contribution is 2.33. The van der Waals surface area contributed by atoms with Gasteiger partial charge in [0.25, 0.3) is 5.91 Å². The lowest BCUT2D eigenvalue weighted by Gasteiger charge is -2.44. The van der Waals surface area contributed by atoms with Crippen LogP contribution < -0.4 is 4.74 Å². The lowest BCUT2D eigenvalue weighted by atomic mass is 9.89. The van der Waals surface area contributed by atoms with Gasteiger partial charge in [0.05, 0.1) is 37.0 Å². The van der Waals surface area contributed by atoms with Gasteiger partial charge in [-0.1, -0.05) is 24.3 Å². The molecule has 170 valence electrons. The number of halogens is 1. The molecule has 3 aromatic rings. The summed E-state index contributed by atoms with van der Waals surface area (Å²) < 4.78 is 26.3. The van der Waals surface area contributed by atoms with E-state index in [-0.39, 0.29) is 30.8 Å². The number of morpholine rings is 1. The first-order valence-electron chi connectivity index (χ1n) is 10.4. The summed E-state index contributed by atoms with van der Waals surface area (Å²) in [5, 5.41) is 8.63. The average molecular weight is 448 g/mol. The van der Waals surface area contributed by atoms with Gasteiger partial charge >= 0.3 is 0 Å². The first kappa shape index (κ1) is 22.4. The Morgan fingerprint density at radius 3 is 2.70 bits per heavy atom. The minimum absolute atomic E-state index is 0.0170. The summed E-state index contributed by atoms with van der Waals surface area (Å²) in [5.74, 6) is -0.0237. The number of benzene rings is 2. The predicted octanol–water partition coefficient (Wildman–Crippen LogP) is 4.09. The molecule has 1 aromatic heterocycles. The van der Waals surface area contributed by atoms with Crippen molar-refractivity contribution < 1.29 is 18.7 Å². The molecule has 1 aliphatic heterocycles. The maximum Gasteiger partial charge on any atom is 0.254 e. The Hall–Kier alpha value is -3.78. The molecule has 7 nitrogen and oxygen atoms in total. The van der Waals surface area contributed by atoms with Crippen LogP contribution in [0.1, 0.15) is 23.7 Å². The van der Waals surface area contributed by atoms with Gasteiger partial charge in [-0.15, -0.1) is 0 Å². The summed E-state index contributed by atoms with van der Waals surface area (Å²) in [6, 6.07) is 11.6. The molecule has 4 rings (SSSR count). The van der Waals surface area contributed by atoms with Gasteiger partial charge in [-0.2, -0.15) is 0 Å². The molecule has 0 spiro atoms. The minimum atomic E-state index is -0.925. The molecule has 0 aliphatic carbocycles. The van der Waals surface area contributed by atoms with Crippen molar-refractivity contribution in [2.75, 3.05) is 20.3 Å². The number of rotatable bonds is 5. The van der Waals surface area contributed by atoms with Gasteiger partial charge in [-0.3, -0.25) is 15.1 Å². The van der Waals surface area contributed by atoms with E-state index in [1.807, 2.05) is 42.8 Å². The molecule has 0 bridgehead atoms. The third-order valence-corrected chi connectivity index (χ3v) is 5.69. The Kier molecular flexibility index (Phi) is 6.11. The smallest absolute Gasteiger partial charge is 0.254 e. The molecule has 33 heavy (non-hydrogen) atoms. The topological polar surface area (TPSA) is 80.4 Å². The molecular weight excluding hydrogens is 423 g/mol. The molecule has 1 saturated heterocycles. The second-order valence-electron chi connectivity index (χ2n) is 8.07. The zero-order valence-electron chi connectivity index (χ0n) is 18.7. The lowest BCUT2D eigenvalue weighted by Crippen LogP contribution is -2.57. The summed E-state index contributed by atoms with van der Waals surface area (Å²) >= 11 is 0. The fourth-order valence-corrected chi connectivity index (χ4v) is 3.98. The molecular formula is C25H25FN4O3. The van der Waals surface area contributed by atoms with Crippen molar-refractivity contribution in [3.05, 3.63) is 83.7 Å². The number of amides is 1. The van der Waals surface area contributed by atoms with E-state index in [9.17, 15) is 9.18 Å². The number of methoxy groups -OCH3 is 1. The highest BCUT2D eigenvalue weighted by atomic mass is 19.1. The zero-order valence-corrected chi connectivity index (χ0v) is 18.7. The first-order chi connectivity index (χ1) is 15.8. The Morgan fingerprint density at radius 1 is 1.27 bits per heavy atom. The van der Waals surface area contributed by atoms with Crippen LogP contribution in [-0.2, 0) is 15.1 Å². The fourth-order valence-electron chi connectivity index (χ4n) is 3.98. The SMILES string of the molecule is COc1cc(C=CC(=N)N2C(=O)COCC2(C)c2ccc(F)cc2)ccc1-n1cnc(C)c1. The Bertz CT molecular complexity index is 1220. The van der Waals surface area contributed by atoms with Gasteiger partial charge in [0.2, 0.25) is 0 Å². The first-order valence-corrected chi connectivity index (χ1v) is 10.4. The molecule has 1 amide bonds. The van der Waals surface area contributed by atoms with Gasteiger partial charge in [-0.05, 0) is 55.3 Å². The summed E-state index contributed by atoms with van der Waals surface area (Å²) in [7, 11) is 1.60. The van der Waals surface area contributed by atoms with Crippen molar-refractivity contribution in [1.29, 1.82) is 5.41 Å². The second kappa shape index (κ2) is 8.99. The average Bonchev–Trinajstić information content (AvgIpc) is 3.23. The quantitative estimate of drug-likeness (QED) is 0.471. The number of ether oxygens (including phenoxy) is 2. The van der Waals surface area contributed by atoms with Crippen molar-refractivity contribution in [3.8, 4) is 11.4 Å². The van der Waals surface area contributed by atoms with Gasteiger partial charge in [0, 0.05) is 6.20 Å². The largest absolute Gasteiger partial charge is 0.495 e. The second-order valence-corrected chi connectivity index (χ2v) is 8.07. The number of carbonyl (C=O) groups excluding carboxylic acids is 1. The number of nitrogens with one attached hydrogen (secondary N) is 1. The van der Waals surface area contributed by atoms with E-state index in [4.69, 9.17) is 14.9 Å². The van der Waals surface area contributed by atoms with E-state index < -0.39 is 5.54 Å². The van der Waals surface area contributed by atoms with Crippen molar-refractivity contribution in [2.24, 2.45) is 0 Å². The molecule has 0 saturated carbocycles. The standard InChI is InChI=1S/C25H25FN4O3/c1-17-13-29(16-28-17)21-10-4-18(12-22(21)32-3)5-11-23(27)30-24(31)14-33-15-25(30,2)19-6-8-20(26)9-7-19/h4-13,16,27H,14-15H2,1-3H3. The van der Waals surface area contributed by atoms with Crippen molar-refractivity contribution >= 4 is 17.8 Å². The molecule has 8 heteroatoms. The van der Waals surface area contributed by atoms with E-state index in [1.54, 1.807) is 37.7 Å². The maximum absolute atomic E-state index is 13.4. The van der Waals surface area contributed by atoms with Gasteiger partial charge < -0.3 is 14.0 Å². The monoisotopic (exact) mass is 448 g/mol. The zero-order chi connectivity index (χ0) is 23.6. The molecule has 1 unspecified atom stereocenters.